The summed E-state index contributed by atoms with van der Waals surface area (Å²) in [6.45, 7) is 4.12. The number of aryl methyl sites for hydroxylation is 1. The number of piperazine rings is 1. The molecule has 0 aliphatic carbocycles. The van der Waals surface area contributed by atoms with Gasteiger partial charge in [0.15, 0.2) is 0 Å². The highest BCUT2D eigenvalue weighted by atomic mass is 32.2. The predicted molar refractivity (Wildman–Crippen MR) is 125 cm³/mol. The number of hydrogen-bond donors (Lipinski definition) is 3. The van der Waals surface area contributed by atoms with Crippen molar-refractivity contribution in [3.05, 3.63) is 71.5 Å². The summed E-state index contributed by atoms with van der Waals surface area (Å²) in [5.41, 5.74) is 3.22. The molecule has 3 aromatic rings. The van der Waals surface area contributed by atoms with Crippen LogP contribution in [-0.4, -0.2) is 54.0 Å². The van der Waals surface area contributed by atoms with Crippen molar-refractivity contribution in [3.8, 4) is 5.75 Å². The minimum atomic E-state index is -3.50. The van der Waals surface area contributed by atoms with Crippen LogP contribution in [0.1, 0.15) is 16.7 Å². The number of hydrogen-bond acceptors (Lipinski definition) is 7. The highest BCUT2D eigenvalue weighted by molar-refractivity contribution is 7.89. The van der Waals surface area contributed by atoms with Crippen LogP contribution in [0, 0.1) is 6.92 Å². The van der Waals surface area contributed by atoms with Crippen LogP contribution in [0.25, 0.3) is 12.2 Å². The number of aromatic hydroxyl groups is 1. The highest BCUT2D eigenvalue weighted by Gasteiger charge is 2.26. The van der Waals surface area contributed by atoms with Gasteiger partial charge < -0.3 is 15.7 Å². The van der Waals surface area contributed by atoms with Crippen LogP contribution in [0.4, 0.5) is 11.6 Å². The monoisotopic (exact) mass is 451 g/mol. The van der Waals surface area contributed by atoms with Gasteiger partial charge in [-0.25, -0.2) is 18.4 Å². The molecule has 8 nitrogen and oxygen atoms in total. The van der Waals surface area contributed by atoms with E-state index in [1.165, 1.54) is 4.31 Å². The molecule has 32 heavy (non-hydrogen) atoms. The largest absolute Gasteiger partial charge is 0.508 e. The molecule has 1 aromatic heterocycles. The molecule has 1 aliphatic heterocycles. The maximum atomic E-state index is 12.9. The maximum Gasteiger partial charge on any atom is 0.243 e. The predicted octanol–water partition coefficient (Wildman–Crippen LogP) is 3.00. The zero-order valence-corrected chi connectivity index (χ0v) is 18.5. The summed E-state index contributed by atoms with van der Waals surface area (Å²) in [5.74, 6) is 0.630. The van der Waals surface area contributed by atoms with Crippen LogP contribution in [0.5, 0.6) is 5.75 Å². The number of aromatic nitrogens is 2. The van der Waals surface area contributed by atoms with E-state index in [4.69, 9.17) is 0 Å². The Bertz CT molecular complexity index is 1220. The van der Waals surface area contributed by atoms with Gasteiger partial charge in [-0.1, -0.05) is 24.3 Å². The van der Waals surface area contributed by atoms with Gasteiger partial charge in [0.25, 0.3) is 0 Å². The zero-order valence-electron chi connectivity index (χ0n) is 17.7. The molecule has 0 radical (unpaired) electrons. The van der Waals surface area contributed by atoms with Gasteiger partial charge in [-0.15, -0.1) is 0 Å². The Labute approximate surface area is 187 Å². The molecule has 0 amide bonds. The minimum Gasteiger partial charge on any atom is -0.508 e. The molecule has 0 atom stereocenters. The number of nitrogens with zero attached hydrogens (tertiary/aromatic N) is 3. The standard InChI is InChI=1S/C23H25N5O3S/c1-17-13-21(32(30,31)28-11-9-24-10-12-28)7-8-22(17)27-23-25-15-19(16-26-23)6-5-18-3-2-4-20(29)14-18/h2-8,13-16,24,29H,9-12H2,1H3,(H,25,26,27). The van der Waals surface area contributed by atoms with Gasteiger partial charge in [-0.3, -0.25) is 0 Å². The molecule has 3 N–H and O–H groups in total. The zero-order chi connectivity index (χ0) is 22.6. The fourth-order valence-corrected chi connectivity index (χ4v) is 4.93. The molecule has 1 saturated heterocycles. The molecule has 1 fully saturated rings. The third kappa shape index (κ3) is 5.13. The topological polar surface area (TPSA) is 107 Å². The number of phenolic OH excluding ortho intramolecular Hbond substituents is 1. The summed E-state index contributed by atoms with van der Waals surface area (Å²) in [6, 6.07) is 12.0. The van der Waals surface area contributed by atoms with Crippen LogP contribution in [0.2, 0.25) is 0 Å². The second-order valence-electron chi connectivity index (χ2n) is 7.52. The molecular formula is C23H25N5O3S. The van der Waals surface area contributed by atoms with Crippen LogP contribution >= 0.6 is 0 Å². The highest BCUT2D eigenvalue weighted by Crippen LogP contribution is 2.24. The summed E-state index contributed by atoms with van der Waals surface area (Å²) < 4.78 is 27.2. The Balaban J connectivity index is 1.45. The Morgan fingerprint density at radius 1 is 1.03 bits per heavy atom. The summed E-state index contributed by atoms with van der Waals surface area (Å²) in [7, 11) is -3.50. The Morgan fingerprint density at radius 2 is 1.75 bits per heavy atom. The van der Waals surface area contributed by atoms with Gasteiger partial charge in [0.05, 0.1) is 4.90 Å². The number of anilines is 2. The molecular weight excluding hydrogens is 426 g/mol. The van der Waals surface area contributed by atoms with Crippen molar-refractivity contribution in [3.63, 3.8) is 0 Å². The number of rotatable bonds is 6. The summed E-state index contributed by atoms with van der Waals surface area (Å²) >= 11 is 0. The van der Waals surface area contributed by atoms with Crippen molar-refractivity contribution in [2.45, 2.75) is 11.8 Å². The second kappa shape index (κ2) is 9.47. The Morgan fingerprint density at radius 3 is 2.44 bits per heavy atom. The molecule has 2 aromatic carbocycles. The van der Waals surface area contributed by atoms with Gasteiger partial charge in [0.2, 0.25) is 16.0 Å². The molecule has 0 bridgehead atoms. The number of sulfonamides is 1. The van der Waals surface area contributed by atoms with E-state index in [0.717, 1.165) is 22.4 Å². The first-order chi connectivity index (χ1) is 15.4. The van der Waals surface area contributed by atoms with Crippen molar-refractivity contribution < 1.29 is 13.5 Å². The quantitative estimate of drug-likeness (QED) is 0.529. The third-order valence-electron chi connectivity index (χ3n) is 5.17. The lowest BCUT2D eigenvalue weighted by molar-refractivity contribution is 0.360. The molecule has 4 rings (SSSR count). The van der Waals surface area contributed by atoms with Crippen molar-refractivity contribution in [2.24, 2.45) is 0 Å². The summed E-state index contributed by atoms with van der Waals surface area (Å²) in [6.07, 6.45) is 7.10. The van der Waals surface area contributed by atoms with E-state index in [-0.39, 0.29) is 10.6 Å². The third-order valence-corrected chi connectivity index (χ3v) is 7.06. The van der Waals surface area contributed by atoms with Gasteiger partial charge in [-0.2, -0.15) is 4.31 Å². The molecule has 9 heteroatoms. The van der Waals surface area contributed by atoms with E-state index in [0.29, 0.717) is 32.1 Å². The van der Waals surface area contributed by atoms with E-state index < -0.39 is 10.0 Å². The molecule has 0 unspecified atom stereocenters. The van der Waals surface area contributed by atoms with Crippen LogP contribution in [-0.2, 0) is 10.0 Å². The molecule has 0 spiro atoms. The fraction of sp³-hybridized carbons (Fsp3) is 0.217. The normalized spacial score (nSPS) is 15.2. The van der Waals surface area contributed by atoms with Crippen molar-refractivity contribution >= 4 is 33.8 Å². The van der Waals surface area contributed by atoms with Crippen LogP contribution in [0.15, 0.2) is 59.8 Å². The Kier molecular flexibility index (Phi) is 6.50. The molecule has 166 valence electrons. The molecule has 1 aliphatic rings. The minimum absolute atomic E-state index is 0.213. The fourth-order valence-electron chi connectivity index (χ4n) is 3.40. The molecule has 0 saturated carbocycles. The lowest BCUT2D eigenvalue weighted by atomic mass is 10.2. The van der Waals surface area contributed by atoms with Gasteiger partial charge in [0.1, 0.15) is 5.75 Å². The average molecular weight is 452 g/mol. The maximum absolute atomic E-state index is 12.9. The van der Waals surface area contributed by atoms with Crippen molar-refractivity contribution in [1.29, 1.82) is 0 Å². The van der Waals surface area contributed by atoms with E-state index in [9.17, 15) is 13.5 Å². The van der Waals surface area contributed by atoms with E-state index in [1.54, 1.807) is 48.8 Å². The van der Waals surface area contributed by atoms with Crippen molar-refractivity contribution in [1.82, 2.24) is 19.6 Å². The second-order valence-corrected chi connectivity index (χ2v) is 9.46. The van der Waals surface area contributed by atoms with Gasteiger partial charge in [-0.05, 0) is 48.4 Å². The lowest BCUT2D eigenvalue weighted by Crippen LogP contribution is -2.46. The lowest BCUT2D eigenvalue weighted by Gasteiger charge is -2.26. The van der Waals surface area contributed by atoms with E-state index in [2.05, 4.69) is 20.6 Å². The first-order valence-electron chi connectivity index (χ1n) is 10.3. The number of nitrogens with one attached hydrogen (secondary N) is 2. The summed E-state index contributed by atoms with van der Waals surface area (Å²) in [5, 5.41) is 15.8. The van der Waals surface area contributed by atoms with Gasteiger partial charge in [0, 0.05) is 49.8 Å². The summed E-state index contributed by atoms with van der Waals surface area (Å²) in [4.78, 5) is 8.95. The van der Waals surface area contributed by atoms with Crippen molar-refractivity contribution in [2.75, 3.05) is 31.5 Å². The van der Waals surface area contributed by atoms with E-state index >= 15 is 0 Å². The van der Waals surface area contributed by atoms with E-state index in [1.807, 2.05) is 25.1 Å². The number of benzene rings is 2. The van der Waals surface area contributed by atoms with Crippen LogP contribution in [0.3, 0.4) is 0 Å². The Hall–Kier alpha value is -3.27. The number of phenols is 1. The first-order valence-corrected chi connectivity index (χ1v) is 11.7. The average Bonchev–Trinajstić information content (AvgIpc) is 2.80. The smallest absolute Gasteiger partial charge is 0.243 e. The SMILES string of the molecule is Cc1cc(S(=O)(=O)N2CCNCC2)ccc1Nc1ncc(C=Cc2cccc(O)c2)cn1. The van der Waals surface area contributed by atoms with Crippen LogP contribution < -0.4 is 10.6 Å². The molecule has 2 heterocycles. The van der Waals surface area contributed by atoms with Gasteiger partial charge >= 0.3 is 0 Å². The first kappa shape index (κ1) is 21.9.